The minimum absolute atomic E-state index is 0.0507. The molecule has 1 aromatic heterocycles. The second kappa shape index (κ2) is 9.27. The van der Waals surface area contributed by atoms with Crippen molar-refractivity contribution in [2.45, 2.75) is 44.6 Å². The molecule has 5 N–H and O–H groups in total. The van der Waals surface area contributed by atoms with Crippen LogP contribution in [0.3, 0.4) is 0 Å². The van der Waals surface area contributed by atoms with Crippen LogP contribution < -0.4 is 11.1 Å². The Morgan fingerprint density at radius 3 is 2.57 bits per heavy atom. The first-order valence-corrected chi connectivity index (χ1v) is 12.2. The van der Waals surface area contributed by atoms with Crippen molar-refractivity contribution >= 4 is 56.4 Å². The molecule has 0 radical (unpaired) electrons. The molecule has 0 saturated carbocycles. The summed E-state index contributed by atoms with van der Waals surface area (Å²) in [6.07, 6.45) is -1.25. The molecule has 18 heteroatoms. The molecule has 192 valence electrons. The Kier molecular flexibility index (Phi) is 6.91. The number of aliphatic carboxylic acids is 1. The number of amides is 3. The van der Waals surface area contributed by atoms with Crippen LogP contribution in [0.25, 0.3) is 0 Å². The summed E-state index contributed by atoms with van der Waals surface area (Å²) < 4.78 is 38.0. The van der Waals surface area contributed by atoms with E-state index in [-0.39, 0.29) is 28.2 Å². The molecule has 3 amide bonds. The molecule has 3 atom stereocenters. The minimum atomic E-state index is -5.01. The summed E-state index contributed by atoms with van der Waals surface area (Å²) in [6, 6.07) is -2.86. The van der Waals surface area contributed by atoms with E-state index in [0.717, 1.165) is 16.2 Å². The fourth-order valence-corrected chi connectivity index (χ4v) is 4.61. The number of thiazole rings is 1. The molecule has 2 aliphatic rings. The smallest absolute Gasteiger partial charge is 0.410 e. The van der Waals surface area contributed by atoms with Gasteiger partial charge in [0, 0.05) is 11.9 Å². The van der Waals surface area contributed by atoms with Gasteiger partial charge in [-0.3, -0.25) is 14.1 Å². The Bertz CT molecular complexity index is 1200. The Hall–Kier alpha value is -3.51. The molecule has 35 heavy (non-hydrogen) atoms. The van der Waals surface area contributed by atoms with E-state index >= 15 is 0 Å². The topological polar surface area (TPSA) is 231 Å². The van der Waals surface area contributed by atoms with E-state index in [0.29, 0.717) is 0 Å². The van der Waals surface area contributed by atoms with E-state index in [1.807, 2.05) is 0 Å². The van der Waals surface area contributed by atoms with E-state index < -0.39 is 63.7 Å². The number of carboxylic acids is 1. The molecule has 3 rings (SSSR count). The molecule has 2 fully saturated rings. The van der Waals surface area contributed by atoms with E-state index in [2.05, 4.69) is 15.5 Å². The molecule has 0 spiro atoms. The Morgan fingerprint density at radius 1 is 1.43 bits per heavy atom. The maximum absolute atomic E-state index is 13.0. The summed E-state index contributed by atoms with van der Waals surface area (Å²) >= 11 is 0.943. The number of carbonyl (C=O) groups is 4. The van der Waals surface area contributed by atoms with Gasteiger partial charge in [-0.15, -0.1) is 11.3 Å². The normalized spacial score (nSPS) is 23.1. The second-order valence-corrected chi connectivity index (χ2v) is 10.3. The zero-order valence-electron chi connectivity index (χ0n) is 18.6. The number of aromatic nitrogens is 1. The fourth-order valence-electron chi connectivity index (χ4n) is 3.19. The van der Waals surface area contributed by atoms with Gasteiger partial charge in [0.2, 0.25) is 5.60 Å². The highest BCUT2D eigenvalue weighted by molar-refractivity contribution is 7.84. The summed E-state index contributed by atoms with van der Waals surface area (Å²) in [6.45, 7) is 3.67. The Labute approximate surface area is 202 Å². The van der Waals surface area contributed by atoms with Gasteiger partial charge in [-0.1, -0.05) is 5.16 Å². The number of nitrogens with zero attached hydrogens (tertiary/aromatic N) is 4. The summed E-state index contributed by atoms with van der Waals surface area (Å²) in [5, 5.41) is 16.5. The predicted molar refractivity (Wildman–Crippen MR) is 117 cm³/mol. The number of anilines is 1. The van der Waals surface area contributed by atoms with Crippen LogP contribution in [-0.4, -0.2) is 98.7 Å². The lowest BCUT2D eigenvalue weighted by atomic mass is 9.97. The number of hydrogen-bond donors (Lipinski definition) is 4. The largest absolute Gasteiger partial charge is 0.478 e. The predicted octanol–water partition coefficient (Wildman–Crippen LogP) is -1.35. The Morgan fingerprint density at radius 2 is 2.09 bits per heavy atom. The lowest BCUT2D eigenvalue weighted by Crippen LogP contribution is -2.74. The number of carboxylic acid groups (broad SMARTS) is 1. The number of β-lactam (4-membered cyclic amide) rings is 1. The highest BCUT2D eigenvalue weighted by Crippen LogP contribution is 2.26. The number of hydrogen-bond acceptors (Lipinski definition) is 12. The first-order chi connectivity index (χ1) is 16.1. The number of cyclic esters (lactones) is 1. The fraction of sp³-hybridized carbons (Fsp3) is 0.529. The first-order valence-electron chi connectivity index (χ1n) is 9.90. The van der Waals surface area contributed by atoms with Crippen LogP contribution >= 0.6 is 11.3 Å². The third-order valence-electron chi connectivity index (χ3n) is 5.01. The summed E-state index contributed by atoms with van der Waals surface area (Å²) in [4.78, 5) is 58.8. The SMILES string of the molecule is C[C@@H]1CN(C[C@@H]2[C@H](NC(=O)/C(=N/OC(C)(C)C(=O)O)c3csc(N)n3)C(=O)N2S(=O)(=O)O)C(=O)O1. The van der Waals surface area contributed by atoms with Crippen LogP contribution in [0.5, 0.6) is 0 Å². The third kappa shape index (κ3) is 5.43. The number of rotatable bonds is 9. The number of ether oxygens (including phenoxy) is 1. The average Bonchev–Trinajstić information content (AvgIpc) is 3.29. The van der Waals surface area contributed by atoms with Gasteiger partial charge >= 0.3 is 22.4 Å². The van der Waals surface area contributed by atoms with Crippen molar-refractivity contribution in [2.75, 3.05) is 18.8 Å². The van der Waals surface area contributed by atoms with Crippen molar-refractivity contribution in [1.82, 2.24) is 19.5 Å². The van der Waals surface area contributed by atoms with Crippen molar-refractivity contribution in [1.29, 1.82) is 0 Å². The average molecular weight is 535 g/mol. The second-order valence-electron chi connectivity index (χ2n) is 8.15. The first kappa shape index (κ1) is 26.1. The molecule has 0 aromatic carbocycles. The van der Waals surface area contributed by atoms with Gasteiger partial charge in [-0.2, -0.15) is 8.42 Å². The minimum Gasteiger partial charge on any atom is -0.478 e. The highest BCUT2D eigenvalue weighted by Gasteiger charge is 2.55. The van der Waals surface area contributed by atoms with E-state index in [1.54, 1.807) is 6.92 Å². The zero-order chi connectivity index (χ0) is 26.3. The molecular weight excluding hydrogens is 512 g/mol. The van der Waals surface area contributed by atoms with Crippen LogP contribution in [0, 0.1) is 0 Å². The van der Waals surface area contributed by atoms with Gasteiger partial charge in [-0.05, 0) is 20.8 Å². The number of nitrogens with two attached hydrogens (primary N) is 1. The molecule has 0 aliphatic carbocycles. The van der Waals surface area contributed by atoms with Crippen LogP contribution in [-0.2, 0) is 34.3 Å². The quantitative estimate of drug-likeness (QED) is 0.125. The van der Waals surface area contributed by atoms with E-state index in [1.165, 1.54) is 19.2 Å². The van der Waals surface area contributed by atoms with E-state index in [4.69, 9.17) is 15.3 Å². The lowest BCUT2D eigenvalue weighted by molar-refractivity contribution is -0.161. The number of nitrogen functional groups attached to an aromatic ring is 1. The standard InChI is InChI=1S/C17H22N6O10S2/c1-7-4-22(16(28)32-7)5-9-11(13(25)23(9)35(29,30)31)20-12(24)10(8-6-34-15(18)19-8)21-33-17(2,3)14(26)27/h6-7,9,11H,4-5H2,1-3H3,(H2,18,19)(H,20,24)(H,26,27)(H,29,30,31)/b21-10+/t7-,9-,11+/m1/s1. The number of carbonyl (C=O) groups excluding carboxylic acids is 3. The molecule has 3 heterocycles. The van der Waals surface area contributed by atoms with Gasteiger partial charge < -0.3 is 30.6 Å². The van der Waals surface area contributed by atoms with E-state index in [9.17, 15) is 37.3 Å². The summed E-state index contributed by atoms with van der Waals surface area (Å²) in [7, 11) is -5.01. The zero-order valence-corrected chi connectivity index (χ0v) is 20.2. The molecule has 0 bridgehead atoms. The lowest BCUT2D eigenvalue weighted by Gasteiger charge is -2.45. The summed E-state index contributed by atoms with van der Waals surface area (Å²) in [5.41, 5.74) is 3.11. The van der Waals surface area contributed by atoms with Crippen molar-refractivity contribution in [2.24, 2.45) is 5.16 Å². The third-order valence-corrected chi connectivity index (χ3v) is 6.63. The van der Waals surface area contributed by atoms with Crippen molar-refractivity contribution < 1.29 is 46.8 Å². The highest BCUT2D eigenvalue weighted by atomic mass is 32.2. The van der Waals surface area contributed by atoms with Gasteiger partial charge in [-0.25, -0.2) is 18.9 Å². The maximum atomic E-state index is 13.0. The monoisotopic (exact) mass is 534 g/mol. The molecule has 0 unspecified atom stereocenters. The maximum Gasteiger partial charge on any atom is 0.410 e. The van der Waals surface area contributed by atoms with Crippen LogP contribution in [0.4, 0.5) is 9.93 Å². The van der Waals surface area contributed by atoms with Crippen molar-refractivity contribution in [3.63, 3.8) is 0 Å². The van der Waals surface area contributed by atoms with Crippen LogP contribution in [0.15, 0.2) is 10.5 Å². The number of oxime groups is 1. The van der Waals surface area contributed by atoms with Gasteiger partial charge in [0.05, 0.1) is 12.6 Å². The van der Waals surface area contributed by atoms with Gasteiger partial charge in [0.1, 0.15) is 17.8 Å². The molecular formula is C17H22N6O10S2. The molecule has 16 nitrogen and oxygen atoms in total. The van der Waals surface area contributed by atoms with Crippen molar-refractivity contribution in [3.05, 3.63) is 11.1 Å². The molecule has 2 aliphatic heterocycles. The van der Waals surface area contributed by atoms with Crippen LogP contribution in [0.2, 0.25) is 0 Å². The molecule has 1 aromatic rings. The van der Waals surface area contributed by atoms with Crippen molar-refractivity contribution in [3.8, 4) is 0 Å². The van der Waals surface area contributed by atoms with Gasteiger partial charge in [0.15, 0.2) is 10.8 Å². The number of nitrogens with one attached hydrogen (secondary N) is 1. The van der Waals surface area contributed by atoms with Gasteiger partial charge in [0.25, 0.3) is 11.8 Å². The summed E-state index contributed by atoms with van der Waals surface area (Å²) in [5.74, 6) is -3.63. The molecule has 2 saturated heterocycles. The van der Waals surface area contributed by atoms with Crippen LogP contribution in [0.1, 0.15) is 26.5 Å². The Balaban J connectivity index is 1.87.